The summed E-state index contributed by atoms with van der Waals surface area (Å²) in [5.74, 6) is 2.00. The number of rotatable bonds is 5. The molecule has 0 amide bonds. The summed E-state index contributed by atoms with van der Waals surface area (Å²) >= 11 is 0. The predicted molar refractivity (Wildman–Crippen MR) is 194 cm³/mol. The Morgan fingerprint density at radius 1 is 0.370 bits per heavy atom. The average molecular weight is 602 g/mol. The fourth-order valence-corrected chi connectivity index (χ4v) is 6.73. The van der Waals surface area contributed by atoms with Gasteiger partial charge >= 0.3 is 0 Å². The van der Waals surface area contributed by atoms with E-state index in [0.717, 1.165) is 16.7 Å². The van der Waals surface area contributed by atoms with Crippen molar-refractivity contribution < 1.29 is 0 Å². The van der Waals surface area contributed by atoms with Crippen LogP contribution in [-0.2, 0) is 5.41 Å². The molecule has 0 saturated carbocycles. The molecule has 0 bridgehead atoms. The Morgan fingerprint density at radius 3 is 0.913 bits per heavy atom. The molecule has 1 aromatic heterocycles. The number of nitrogens with zero attached hydrogens (tertiary/aromatic N) is 3. The molecule has 5 aromatic carbocycles. The summed E-state index contributed by atoms with van der Waals surface area (Å²) in [6.07, 6.45) is 0. The van der Waals surface area contributed by atoms with Crippen molar-refractivity contribution in [2.45, 2.75) is 67.7 Å². The van der Waals surface area contributed by atoms with E-state index in [1.807, 2.05) is 0 Å². The standard InChI is InChI=1S/C43H43N3/c1-26-22-28(3)38(29(4)23-26)32-10-14-34(15-11-32)40-44-41(46-42(45-40)36-18-20-37(21-19-36)43(7,8)9)35-16-12-33(13-17-35)39-30(5)24-27(2)25-31(39)6/h10-25H,1-9H3. The second-order valence-corrected chi connectivity index (χ2v) is 13.8. The highest BCUT2D eigenvalue weighted by atomic mass is 15.0. The zero-order valence-electron chi connectivity index (χ0n) is 28.6. The Balaban J connectivity index is 1.43. The van der Waals surface area contributed by atoms with Crippen LogP contribution in [0.2, 0.25) is 0 Å². The summed E-state index contributed by atoms with van der Waals surface area (Å²) in [5.41, 5.74) is 16.9. The number of aryl methyl sites for hydroxylation is 6. The first kappa shape index (κ1) is 31.1. The van der Waals surface area contributed by atoms with Gasteiger partial charge in [0.05, 0.1) is 0 Å². The molecular formula is C43H43N3. The third-order valence-corrected chi connectivity index (χ3v) is 8.86. The van der Waals surface area contributed by atoms with Crippen LogP contribution in [0.25, 0.3) is 56.4 Å². The Kier molecular flexibility index (Phi) is 8.20. The van der Waals surface area contributed by atoms with Crippen molar-refractivity contribution in [1.29, 1.82) is 0 Å². The van der Waals surface area contributed by atoms with Crippen molar-refractivity contribution in [1.82, 2.24) is 15.0 Å². The van der Waals surface area contributed by atoms with E-state index >= 15 is 0 Å². The van der Waals surface area contributed by atoms with Crippen LogP contribution in [0.15, 0.2) is 97.1 Å². The fourth-order valence-electron chi connectivity index (χ4n) is 6.73. The Morgan fingerprint density at radius 2 is 0.630 bits per heavy atom. The first-order valence-corrected chi connectivity index (χ1v) is 16.1. The molecule has 3 nitrogen and oxygen atoms in total. The Hall–Kier alpha value is -4.89. The van der Waals surface area contributed by atoms with Gasteiger partial charge in [-0.25, -0.2) is 15.0 Å². The topological polar surface area (TPSA) is 38.7 Å². The molecule has 0 saturated heterocycles. The molecule has 0 atom stereocenters. The van der Waals surface area contributed by atoms with Gasteiger partial charge in [-0.3, -0.25) is 0 Å². The van der Waals surface area contributed by atoms with Crippen molar-refractivity contribution in [3.8, 4) is 56.4 Å². The maximum atomic E-state index is 5.03. The number of hydrogen-bond acceptors (Lipinski definition) is 3. The fraction of sp³-hybridized carbons (Fsp3) is 0.233. The van der Waals surface area contributed by atoms with Crippen LogP contribution in [0.4, 0.5) is 0 Å². The molecule has 0 fully saturated rings. The van der Waals surface area contributed by atoms with E-state index in [0.29, 0.717) is 17.5 Å². The third kappa shape index (κ3) is 6.28. The van der Waals surface area contributed by atoms with Gasteiger partial charge in [-0.1, -0.05) is 129 Å². The van der Waals surface area contributed by atoms with Crippen molar-refractivity contribution in [3.63, 3.8) is 0 Å². The zero-order valence-corrected chi connectivity index (χ0v) is 28.6. The van der Waals surface area contributed by atoms with Gasteiger partial charge in [0.1, 0.15) is 0 Å². The molecule has 0 spiro atoms. The lowest BCUT2D eigenvalue weighted by molar-refractivity contribution is 0.590. The van der Waals surface area contributed by atoms with Gasteiger partial charge in [0, 0.05) is 16.7 Å². The molecule has 0 aliphatic carbocycles. The van der Waals surface area contributed by atoms with Crippen molar-refractivity contribution in [2.24, 2.45) is 0 Å². The summed E-state index contributed by atoms with van der Waals surface area (Å²) in [6, 6.07) is 34.9. The lowest BCUT2D eigenvalue weighted by Crippen LogP contribution is -2.10. The molecule has 1 heterocycles. The maximum absolute atomic E-state index is 5.03. The number of aromatic nitrogens is 3. The van der Waals surface area contributed by atoms with E-state index in [2.05, 4.69) is 159 Å². The molecule has 6 rings (SSSR count). The molecular weight excluding hydrogens is 558 g/mol. The second-order valence-electron chi connectivity index (χ2n) is 13.8. The van der Waals surface area contributed by atoms with Crippen LogP contribution >= 0.6 is 0 Å². The largest absolute Gasteiger partial charge is 0.208 e. The summed E-state index contributed by atoms with van der Waals surface area (Å²) in [5, 5.41) is 0. The average Bonchev–Trinajstić information content (AvgIpc) is 3.00. The van der Waals surface area contributed by atoms with E-state index in [4.69, 9.17) is 15.0 Å². The molecule has 6 aromatic rings. The SMILES string of the molecule is Cc1cc(C)c(-c2ccc(-c3nc(-c4ccc(-c5c(C)cc(C)cc5C)cc4)nc(-c4ccc(C(C)(C)C)cc4)n3)cc2)c(C)c1. The molecule has 0 aliphatic heterocycles. The zero-order chi connectivity index (χ0) is 32.7. The van der Waals surface area contributed by atoms with E-state index in [1.54, 1.807) is 0 Å². The van der Waals surface area contributed by atoms with Crippen LogP contribution in [0, 0.1) is 41.5 Å². The molecule has 0 N–H and O–H groups in total. The summed E-state index contributed by atoms with van der Waals surface area (Å²) in [4.78, 5) is 15.1. The molecule has 46 heavy (non-hydrogen) atoms. The highest BCUT2D eigenvalue weighted by Crippen LogP contribution is 2.33. The Labute approximate surface area is 274 Å². The van der Waals surface area contributed by atoms with Crippen molar-refractivity contribution in [3.05, 3.63) is 136 Å². The molecule has 0 aliphatic rings. The number of hydrogen-bond donors (Lipinski definition) is 0. The van der Waals surface area contributed by atoms with Gasteiger partial charge in [0.2, 0.25) is 0 Å². The molecule has 0 radical (unpaired) electrons. The number of benzene rings is 5. The van der Waals surface area contributed by atoms with Crippen LogP contribution in [0.5, 0.6) is 0 Å². The Bertz CT molecular complexity index is 1880. The van der Waals surface area contributed by atoms with E-state index in [1.165, 1.54) is 61.2 Å². The van der Waals surface area contributed by atoms with Crippen molar-refractivity contribution in [2.75, 3.05) is 0 Å². The lowest BCUT2D eigenvalue weighted by Gasteiger charge is -2.19. The minimum Gasteiger partial charge on any atom is -0.208 e. The molecule has 0 unspecified atom stereocenters. The van der Waals surface area contributed by atoms with E-state index in [-0.39, 0.29) is 5.41 Å². The first-order chi connectivity index (χ1) is 21.9. The summed E-state index contributed by atoms with van der Waals surface area (Å²) < 4.78 is 0. The smallest absolute Gasteiger partial charge is 0.164 e. The van der Waals surface area contributed by atoms with E-state index < -0.39 is 0 Å². The lowest BCUT2D eigenvalue weighted by atomic mass is 9.87. The highest BCUT2D eigenvalue weighted by molar-refractivity contribution is 5.76. The first-order valence-electron chi connectivity index (χ1n) is 16.1. The van der Waals surface area contributed by atoms with Crippen LogP contribution in [-0.4, -0.2) is 15.0 Å². The van der Waals surface area contributed by atoms with Crippen LogP contribution < -0.4 is 0 Å². The predicted octanol–water partition coefficient (Wildman–Crippen LogP) is 11.4. The van der Waals surface area contributed by atoms with Gasteiger partial charge in [-0.15, -0.1) is 0 Å². The van der Waals surface area contributed by atoms with E-state index in [9.17, 15) is 0 Å². The normalized spacial score (nSPS) is 11.6. The van der Waals surface area contributed by atoms with Gasteiger partial charge in [-0.2, -0.15) is 0 Å². The van der Waals surface area contributed by atoms with Gasteiger partial charge in [-0.05, 0) is 97.0 Å². The monoisotopic (exact) mass is 601 g/mol. The second kappa shape index (κ2) is 12.1. The maximum Gasteiger partial charge on any atom is 0.164 e. The minimum absolute atomic E-state index is 0.0692. The van der Waals surface area contributed by atoms with Gasteiger partial charge in [0.25, 0.3) is 0 Å². The quantitative estimate of drug-likeness (QED) is 0.197. The van der Waals surface area contributed by atoms with Gasteiger partial charge in [0.15, 0.2) is 17.5 Å². The molecule has 3 heteroatoms. The van der Waals surface area contributed by atoms with Crippen LogP contribution in [0.1, 0.15) is 59.7 Å². The summed E-state index contributed by atoms with van der Waals surface area (Å²) in [7, 11) is 0. The summed E-state index contributed by atoms with van der Waals surface area (Å²) in [6.45, 7) is 19.7. The van der Waals surface area contributed by atoms with Gasteiger partial charge < -0.3 is 0 Å². The van der Waals surface area contributed by atoms with Crippen molar-refractivity contribution >= 4 is 0 Å². The van der Waals surface area contributed by atoms with Crippen LogP contribution in [0.3, 0.4) is 0 Å². The third-order valence-electron chi connectivity index (χ3n) is 8.86. The minimum atomic E-state index is 0.0692. The highest BCUT2D eigenvalue weighted by Gasteiger charge is 2.17. The molecule has 230 valence electrons.